The molecule has 5 nitrogen and oxygen atoms in total. The number of thioether (sulfide) groups is 1. The molecule has 1 amide bonds. The summed E-state index contributed by atoms with van der Waals surface area (Å²) in [5.41, 5.74) is 0. The van der Waals surface area contributed by atoms with E-state index in [0.717, 1.165) is 4.90 Å². The molecule has 3 N–H and O–H groups in total. The number of amides is 1. The molecule has 0 fully saturated rings. The monoisotopic (exact) mass is 303 g/mol. The Hall–Kier alpha value is -1.24. The van der Waals surface area contributed by atoms with Gasteiger partial charge in [-0.2, -0.15) is 0 Å². The van der Waals surface area contributed by atoms with E-state index < -0.39 is 12.1 Å². The lowest BCUT2D eigenvalue weighted by molar-refractivity contribution is -0.147. The molecule has 1 aromatic rings. The average molecular weight is 304 g/mol. The number of aliphatic carboxylic acids is 1. The van der Waals surface area contributed by atoms with E-state index in [-0.39, 0.29) is 24.6 Å². The SMILES string of the molecule is O=C(CSc1ccccc1Cl)NCCC(O)C(=O)O. The highest BCUT2D eigenvalue weighted by molar-refractivity contribution is 8.00. The van der Waals surface area contributed by atoms with Crippen LogP contribution < -0.4 is 5.32 Å². The molecule has 0 radical (unpaired) electrons. The molecule has 0 aliphatic carbocycles. The van der Waals surface area contributed by atoms with Gasteiger partial charge in [-0.15, -0.1) is 11.8 Å². The molecule has 1 atom stereocenters. The number of aliphatic hydroxyl groups is 1. The third-order valence-electron chi connectivity index (χ3n) is 2.22. The van der Waals surface area contributed by atoms with Gasteiger partial charge < -0.3 is 15.5 Å². The van der Waals surface area contributed by atoms with Crippen LogP contribution in [0.15, 0.2) is 29.2 Å². The zero-order chi connectivity index (χ0) is 14.3. The zero-order valence-electron chi connectivity index (χ0n) is 10.0. The van der Waals surface area contributed by atoms with E-state index in [9.17, 15) is 9.59 Å². The molecule has 0 aliphatic heterocycles. The second-order valence-electron chi connectivity index (χ2n) is 3.71. The minimum absolute atomic E-state index is 0.0160. The van der Waals surface area contributed by atoms with Crippen LogP contribution in [0.3, 0.4) is 0 Å². The number of carbonyl (C=O) groups excluding carboxylic acids is 1. The number of benzene rings is 1. The van der Waals surface area contributed by atoms with Crippen LogP contribution in [-0.2, 0) is 9.59 Å². The van der Waals surface area contributed by atoms with Gasteiger partial charge in [0.15, 0.2) is 6.10 Å². The summed E-state index contributed by atoms with van der Waals surface area (Å²) in [6.45, 7) is 0.120. The Kier molecular flexibility index (Phi) is 6.69. The maximum atomic E-state index is 11.5. The summed E-state index contributed by atoms with van der Waals surface area (Å²) in [5.74, 6) is -1.34. The van der Waals surface area contributed by atoms with Crippen LogP contribution in [0.2, 0.25) is 5.02 Å². The van der Waals surface area contributed by atoms with Gasteiger partial charge in [-0.05, 0) is 12.1 Å². The fourth-order valence-electron chi connectivity index (χ4n) is 1.23. The summed E-state index contributed by atoms with van der Waals surface area (Å²) in [5, 5.41) is 20.6. The molecule has 0 aliphatic rings. The van der Waals surface area contributed by atoms with E-state index in [1.807, 2.05) is 12.1 Å². The molecule has 1 unspecified atom stereocenters. The molecule has 0 saturated heterocycles. The summed E-state index contributed by atoms with van der Waals surface area (Å²) in [7, 11) is 0. The fourth-order valence-corrected chi connectivity index (χ4v) is 2.30. The summed E-state index contributed by atoms with van der Waals surface area (Å²) in [6.07, 6.45) is -1.46. The number of hydrogen-bond donors (Lipinski definition) is 3. The lowest BCUT2D eigenvalue weighted by Crippen LogP contribution is -2.31. The van der Waals surface area contributed by atoms with Gasteiger partial charge in [-0.25, -0.2) is 4.79 Å². The van der Waals surface area contributed by atoms with Gasteiger partial charge in [0.25, 0.3) is 0 Å². The van der Waals surface area contributed by atoms with Crippen molar-refractivity contribution in [3.63, 3.8) is 0 Å². The molecule has 7 heteroatoms. The van der Waals surface area contributed by atoms with Gasteiger partial charge in [0.1, 0.15) is 0 Å². The Morgan fingerprint density at radius 3 is 2.68 bits per heavy atom. The van der Waals surface area contributed by atoms with Crippen molar-refractivity contribution in [2.24, 2.45) is 0 Å². The summed E-state index contributed by atoms with van der Waals surface area (Å²) < 4.78 is 0. The van der Waals surface area contributed by atoms with Crippen molar-refractivity contribution in [1.82, 2.24) is 5.32 Å². The molecule has 1 aromatic carbocycles. The molecule has 0 aromatic heterocycles. The quantitative estimate of drug-likeness (QED) is 0.663. The predicted molar refractivity (Wildman–Crippen MR) is 73.4 cm³/mol. The number of nitrogens with one attached hydrogen (secondary N) is 1. The zero-order valence-corrected chi connectivity index (χ0v) is 11.6. The highest BCUT2D eigenvalue weighted by Gasteiger charge is 2.13. The molecular weight excluding hydrogens is 290 g/mol. The van der Waals surface area contributed by atoms with Gasteiger partial charge in [0, 0.05) is 17.9 Å². The van der Waals surface area contributed by atoms with Crippen LogP contribution in [0.25, 0.3) is 0 Å². The van der Waals surface area contributed by atoms with Gasteiger partial charge in [-0.1, -0.05) is 23.7 Å². The lowest BCUT2D eigenvalue weighted by Gasteiger charge is -2.07. The molecule has 104 valence electrons. The average Bonchev–Trinajstić information content (AvgIpc) is 2.37. The highest BCUT2D eigenvalue weighted by Crippen LogP contribution is 2.26. The first-order chi connectivity index (χ1) is 9.00. The van der Waals surface area contributed by atoms with E-state index in [1.165, 1.54) is 11.8 Å². The van der Waals surface area contributed by atoms with Gasteiger partial charge in [0.2, 0.25) is 5.91 Å². The topological polar surface area (TPSA) is 86.6 Å². The first-order valence-electron chi connectivity index (χ1n) is 5.55. The van der Waals surface area contributed by atoms with Gasteiger partial charge in [0.05, 0.1) is 10.8 Å². The first-order valence-corrected chi connectivity index (χ1v) is 6.92. The number of carboxylic acids is 1. The van der Waals surface area contributed by atoms with Crippen molar-refractivity contribution < 1.29 is 19.8 Å². The van der Waals surface area contributed by atoms with Crippen molar-refractivity contribution in [2.45, 2.75) is 17.4 Å². The second kappa shape index (κ2) is 8.04. The molecule has 0 spiro atoms. The minimum Gasteiger partial charge on any atom is -0.479 e. The van der Waals surface area contributed by atoms with E-state index in [1.54, 1.807) is 12.1 Å². The highest BCUT2D eigenvalue weighted by atomic mass is 35.5. The molecule has 0 heterocycles. The smallest absolute Gasteiger partial charge is 0.332 e. The van der Waals surface area contributed by atoms with Crippen molar-refractivity contribution >= 4 is 35.2 Å². The Labute approximate surface area is 120 Å². The van der Waals surface area contributed by atoms with Crippen LogP contribution in [0.1, 0.15) is 6.42 Å². The van der Waals surface area contributed by atoms with E-state index >= 15 is 0 Å². The van der Waals surface area contributed by atoms with Crippen molar-refractivity contribution in [3.8, 4) is 0 Å². The molecule has 1 rings (SSSR count). The summed E-state index contributed by atoms with van der Waals surface area (Å²) >= 11 is 7.24. The predicted octanol–water partition coefficient (Wildman–Crippen LogP) is 1.38. The standard InChI is InChI=1S/C12H14ClNO4S/c13-8-3-1-2-4-10(8)19-7-11(16)14-6-5-9(15)12(17)18/h1-4,9,15H,5-7H2,(H,14,16)(H,17,18). The van der Waals surface area contributed by atoms with Crippen molar-refractivity contribution in [1.29, 1.82) is 0 Å². The summed E-state index contributed by atoms with van der Waals surface area (Å²) in [4.78, 5) is 22.6. The Bertz CT molecular complexity index is 455. The number of carbonyl (C=O) groups is 2. The maximum absolute atomic E-state index is 11.5. The van der Waals surface area contributed by atoms with Crippen molar-refractivity contribution in [3.05, 3.63) is 29.3 Å². The Morgan fingerprint density at radius 1 is 1.37 bits per heavy atom. The van der Waals surface area contributed by atoms with Gasteiger partial charge >= 0.3 is 5.97 Å². The number of rotatable bonds is 7. The lowest BCUT2D eigenvalue weighted by atomic mass is 10.2. The van der Waals surface area contributed by atoms with Gasteiger partial charge in [-0.3, -0.25) is 4.79 Å². The number of hydrogen-bond acceptors (Lipinski definition) is 4. The van der Waals surface area contributed by atoms with E-state index in [4.69, 9.17) is 21.8 Å². The third kappa shape index (κ3) is 5.96. The number of carboxylic acid groups (broad SMARTS) is 1. The molecule has 0 bridgehead atoms. The van der Waals surface area contributed by atoms with E-state index in [2.05, 4.69) is 5.32 Å². The normalized spacial score (nSPS) is 11.9. The van der Waals surface area contributed by atoms with Crippen LogP contribution in [0, 0.1) is 0 Å². The van der Waals surface area contributed by atoms with Crippen molar-refractivity contribution in [2.75, 3.05) is 12.3 Å². The Morgan fingerprint density at radius 2 is 2.05 bits per heavy atom. The molecular formula is C12H14ClNO4S. The van der Waals surface area contributed by atoms with E-state index in [0.29, 0.717) is 5.02 Å². The summed E-state index contributed by atoms with van der Waals surface area (Å²) in [6, 6.07) is 7.19. The third-order valence-corrected chi connectivity index (χ3v) is 3.74. The first kappa shape index (κ1) is 15.8. The van der Waals surface area contributed by atoms with Crippen LogP contribution >= 0.6 is 23.4 Å². The fraction of sp³-hybridized carbons (Fsp3) is 0.333. The largest absolute Gasteiger partial charge is 0.479 e. The maximum Gasteiger partial charge on any atom is 0.332 e. The van der Waals surface area contributed by atoms with Crippen LogP contribution in [0.4, 0.5) is 0 Å². The Balaban J connectivity index is 2.25. The second-order valence-corrected chi connectivity index (χ2v) is 5.14. The van der Waals surface area contributed by atoms with Crippen LogP contribution in [0.5, 0.6) is 0 Å². The molecule has 0 saturated carbocycles. The number of aliphatic hydroxyl groups excluding tert-OH is 1. The number of halogens is 1. The van der Waals surface area contributed by atoms with Crippen LogP contribution in [-0.4, -0.2) is 40.5 Å². The minimum atomic E-state index is -1.45. The molecule has 19 heavy (non-hydrogen) atoms.